The van der Waals surface area contributed by atoms with Crippen molar-refractivity contribution in [3.05, 3.63) is 40.3 Å². The van der Waals surface area contributed by atoms with Gasteiger partial charge in [0.2, 0.25) is 0 Å². The Labute approximate surface area is 101 Å². The third kappa shape index (κ3) is 2.11. The van der Waals surface area contributed by atoms with Crippen molar-refractivity contribution < 1.29 is 0 Å². The molecule has 16 heavy (non-hydrogen) atoms. The van der Waals surface area contributed by atoms with Gasteiger partial charge in [0.15, 0.2) is 5.82 Å². The standard InChI is InChI=1S/C10H10BrN5/c1-6-2-7(10(12)13)3-9(15-6)16-5-8(11)4-14-16/h2-5H,1H3,(H3,12,13). The monoisotopic (exact) mass is 279 g/mol. The van der Waals surface area contributed by atoms with E-state index < -0.39 is 0 Å². The lowest BCUT2D eigenvalue weighted by atomic mass is 10.2. The van der Waals surface area contributed by atoms with Gasteiger partial charge in [-0.05, 0) is 35.0 Å². The number of pyridine rings is 1. The Hall–Kier alpha value is -1.69. The van der Waals surface area contributed by atoms with Crippen molar-refractivity contribution in [2.45, 2.75) is 6.92 Å². The molecule has 0 saturated heterocycles. The summed E-state index contributed by atoms with van der Waals surface area (Å²) in [6.07, 6.45) is 3.48. The van der Waals surface area contributed by atoms with Gasteiger partial charge in [-0.1, -0.05) is 0 Å². The molecular weight excluding hydrogens is 270 g/mol. The first-order chi connectivity index (χ1) is 7.56. The van der Waals surface area contributed by atoms with Crippen LogP contribution in [0, 0.1) is 12.3 Å². The van der Waals surface area contributed by atoms with Crippen LogP contribution in [0.5, 0.6) is 0 Å². The second kappa shape index (κ2) is 4.05. The largest absolute Gasteiger partial charge is 0.384 e. The predicted molar refractivity (Wildman–Crippen MR) is 64.8 cm³/mol. The fourth-order valence-corrected chi connectivity index (χ4v) is 1.64. The summed E-state index contributed by atoms with van der Waals surface area (Å²) in [7, 11) is 0. The number of hydrogen-bond acceptors (Lipinski definition) is 3. The molecule has 0 spiro atoms. The summed E-state index contributed by atoms with van der Waals surface area (Å²) in [5.41, 5.74) is 6.90. The van der Waals surface area contributed by atoms with Crippen LogP contribution in [0.3, 0.4) is 0 Å². The van der Waals surface area contributed by atoms with Gasteiger partial charge in [-0.2, -0.15) is 5.10 Å². The molecule has 0 amide bonds. The van der Waals surface area contributed by atoms with Gasteiger partial charge in [-0.3, -0.25) is 5.41 Å². The summed E-state index contributed by atoms with van der Waals surface area (Å²) in [5, 5.41) is 11.5. The summed E-state index contributed by atoms with van der Waals surface area (Å²) in [6, 6.07) is 3.50. The van der Waals surface area contributed by atoms with Gasteiger partial charge < -0.3 is 5.73 Å². The summed E-state index contributed by atoms with van der Waals surface area (Å²) >= 11 is 3.32. The van der Waals surface area contributed by atoms with E-state index in [1.54, 1.807) is 29.2 Å². The van der Waals surface area contributed by atoms with Gasteiger partial charge in [-0.15, -0.1) is 0 Å². The molecule has 0 aromatic carbocycles. The topological polar surface area (TPSA) is 80.6 Å². The third-order valence-electron chi connectivity index (χ3n) is 2.04. The van der Waals surface area contributed by atoms with Crippen molar-refractivity contribution >= 4 is 21.8 Å². The lowest BCUT2D eigenvalue weighted by molar-refractivity contribution is 0.840. The van der Waals surface area contributed by atoms with Gasteiger partial charge in [0.1, 0.15) is 5.84 Å². The van der Waals surface area contributed by atoms with Gasteiger partial charge in [-0.25, -0.2) is 9.67 Å². The minimum Gasteiger partial charge on any atom is -0.384 e. The van der Waals surface area contributed by atoms with E-state index in [4.69, 9.17) is 11.1 Å². The van der Waals surface area contributed by atoms with Crippen LogP contribution in [0.2, 0.25) is 0 Å². The maximum absolute atomic E-state index is 7.41. The normalized spacial score (nSPS) is 10.4. The van der Waals surface area contributed by atoms with Gasteiger partial charge in [0.05, 0.1) is 10.7 Å². The van der Waals surface area contributed by atoms with E-state index in [0.29, 0.717) is 11.4 Å². The van der Waals surface area contributed by atoms with Crippen molar-refractivity contribution in [2.24, 2.45) is 5.73 Å². The molecule has 82 valence electrons. The maximum atomic E-state index is 7.41. The molecule has 6 heteroatoms. The van der Waals surface area contributed by atoms with Crippen LogP contribution >= 0.6 is 15.9 Å². The summed E-state index contributed by atoms with van der Waals surface area (Å²) in [4.78, 5) is 4.33. The van der Waals surface area contributed by atoms with Crippen LogP contribution < -0.4 is 5.73 Å². The minimum atomic E-state index is 0.0259. The molecule has 3 N–H and O–H groups in total. The lowest BCUT2D eigenvalue weighted by Gasteiger charge is -2.05. The van der Waals surface area contributed by atoms with Crippen LogP contribution in [0.4, 0.5) is 0 Å². The molecule has 5 nitrogen and oxygen atoms in total. The number of nitrogens with one attached hydrogen (secondary N) is 1. The SMILES string of the molecule is Cc1cc(C(=N)N)cc(-n2cc(Br)cn2)n1. The number of rotatable bonds is 2. The zero-order valence-corrected chi connectivity index (χ0v) is 10.2. The lowest BCUT2D eigenvalue weighted by Crippen LogP contribution is -2.13. The Morgan fingerprint density at radius 2 is 2.25 bits per heavy atom. The number of nitrogens with two attached hydrogens (primary N) is 1. The maximum Gasteiger partial charge on any atom is 0.154 e. The molecule has 0 aliphatic heterocycles. The van der Waals surface area contributed by atoms with Gasteiger partial charge in [0, 0.05) is 17.5 Å². The third-order valence-corrected chi connectivity index (χ3v) is 2.45. The Morgan fingerprint density at radius 3 is 2.81 bits per heavy atom. The average Bonchev–Trinajstić information content (AvgIpc) is 2.64. The van der Waals surface area contributed by atoms with E-state index >= 15 is 0 Å². The predicted octanol–water partition coefficient (Wildman–Crippen LogP) is 1.62. The second-order valence-corrected chi connectivity index (χ2v) is 4.29. The van der Waals surface area contributed by atoms with Crippen LogP contribution in [0.15, 0.2) is 29.0 Å². The average molecular weight is 280 g/mol. The molecule has 0 unspecified atom stereocenters. The van der Waals surface area contributed by atoms with Crippen molar-refractivity contribution in [3.8, 4) is 5.82 Å². The van der Waals surface area contributed by atoms with E-state index in [1.165, 1.54) is 0 Å². The molecule has 0 saturated carbocycles. The fraction of sp³-hybridized carbons (Fsp3) is 0.100. The van der Waals surface area contributed by atoms with Crippen LogP contribution in [0.1, 0.15) is 11.3 Å². The number of nitrogens with zero attached hydrogens (tertiary/aromatic N) is 3. The van der Waals surface area contributed by atoms with Crippen molar-refractivity contribution in [3.63, 3.8) is 0 Å². The molecule has 2 aromatic rings. The Kier molecular flexibility index (Phi) is 2.74. The van der Waals surface area contributed by atoms with Crippen molar-refractivity contribution in [2.75, 3.05) is 0 Å². The molecule has 0 fully saturated rings. The number of nitrogen functional groups attached to an aromatic ring is 1. The first-order valence-corrected chi connectivity index (χ1v) is 5.39. The molecule has 0 radical (unpaired) electrons. The van der Waals surface area contributed by atoms with Crippen LogP contribution in [-0.4, -0.2) is 20.6 Å². The molecular formula is C10H10BrN5. The van der Waals surface area contributed by atoms with Crippen molar-refractivity contribution in [1.29, 1.82) is 5.41 Å². The van der Waals surface area contributed by atoms with Gasteiger partial charge in [0.25, 0.3) is 0 Å². The molecule has 0 aliphatic rings. The highest BCUT2D eigenvalue weighted by atomic mass is 79.9. The molecule has 2 rings (SSSR count). The highest BCUT2D eigenvalue weighted by molar-refractivity contribution is 9.10. The zero-order chi connectivity index (χ0) is 11.7. The van der Waals surface area contributed by atoms with Crippen LogP contribution in [-0.2, 0) is 0 Å². The molecule has 0 atom stereocenters. The van der Waals surface area contributed by atoms with E-state index in [9.17, 15) is 0 Å². The smallest absolute Gasteiger partial charge is 0.154 e. The van der Waals surface area contributed by atoms with E-state index in [1.807, 2.05) is 6.92 Å². The highest BCUT2D eigenvalue weighted by Crippen LogP contribution is 2.13. The number of halogens is 1. The number of aryl methyl sites for hydroxylation is 1. The zero-order valence-electron chi connectivity index (χ0n) is 8.61. The van der Waals surface area contributed by atoms with Crippen molar-refractivity contribution in [1.82, 2.24) is 14.8 Å². The van der Waals surface area contributed by atoms with Gasteiger partial charge >= 0.3 is 0 Å². The summed E-state index contributed by atoms with van der Waals surface area (Å²) in [5.74, 6) is 0.675. The highest BCUT2D eigenvalue weighted by Gasteiger charge is 2.05. The first kappa shape index (κ1) is 10.8. The summed E-state index contributed by atoms with van der Waals surface area (Å²) in [6.45, 7) is 1.86. The van der Waals surface area contributed by atoms with E-state index in [2.05, 4.69) is 26.0 Å². The summed E-state index contributed by atoms with van der Waals surface area (Å²) < 4.78 is 2.50. The Morgan fingerprint density at radius 1 is 1.50 bits per heavy atom. The number of amidine groups is 1. The number of aromatic nitrogens is 3. The number of hydrogen-bond donors (Lipinski definition) is 2. The Bertz CT molecular complexity index is 546. The quantitative estimate of drug-likeness (QED) is 0.648. The minimum absolute atomic E-state index is 0.0259. The fourth-order valence-electron chi connectivity index (χ4n) is 1.35. The molecule has 0 bridgehead atoms. The molecule has 2 aromatic heterocycles. The first-order valence-electron chi connectivity index (χ1n) is 4.60. The molecule has 0 aliphatic carbocycles. The van der Waals surface area contributed by atoms with Crippen LogP contribution in [0.25, 0.3) is 5.82 Å². The van der Waals surface area contributed by atoms with E-state index in [-0.39, 0.29) is 5.84 Å². The van der Waals surface area contributed by atoms with E-state index in [0.717, 1.165) is 10.2 Å². The second-order valence-electron chi connectivity index (χ2n) is 3.37. The Balaban J connectivity index is 2.53. The molecule has 2 heterocycles.